The number of hydrogen-bond acceptors (Lipinski definition) is 3. The van der Waals surface area contributed by atoms with Gasteiger partial charge >= 0.3 is 0 Å². The fourth-order valence-corrected chi connectivity index (χ4v) is 3.72. The first-order valence-electron chi connectivity index (χ1n) is 8.89. The van der Waals surface area contributed by atoms with E-state index in [9.17, 15) is 0 Å². The van der Waals surface area contributed by atoms with Gasteiger partial charge in [0.05, 0.1) is 6.61 Å². The highest BCUT2D eigenvalue weighted by Gasteiger charge is 2.35. The molecule has 0 aromatic heterocycles. The largest absolute Gasteiger partial charge is 0.383 e. The van der Waals surface area contributed by atoms with Crippen molar-refractivity contribution in [3.05, 3.63) is 0 Å². The van der Waals surface area contributed by atoms with Gasteiger partial charge in [-0.05, 0) is 50.5 Å². The summed E-state index contributed by atoms with van der Waals surface area (Å²) in [6.07, 6.45) is 5.23. The highest BCUT2D eigenvalue weighted by Crippen LogP contribution is 2.39. The fraction of sp³-hybridized carbons (Fsp3) is 1.00. The van der Waals surface area contributed by atoms with Crippen LogP contribution in [0.15, 0.2) is 0 Å². The Morgan fingerprint density at radius 1 is 1.33 bits per heavy atom. The maximum Gasteiger partial charge on any atom is 0.0589 e. The Hall–Kier alpha value is -0.120. The van der Waals surface area contributed by atoms with E-state index in [0.717, 1.165) is 25.6 Å². The Labute approximate surface area is 132 Å². The van der Waals surface area contributed by atoms with Crippen molar-refractivity contribution in [2.75, 3.05) is 33.4 Å². The molecule has 0 amide bonds. The number of methoxy groups -OCH3 is 1. The maximum absolute atomic E-state index is 5.31. The topological polar surface area (TPSA) is 24.5 Å². The van der Waals surface area contributed by atoms with E-state index in [4.69, 9.17) is 4.74 Å². The lowest BCUT2D eigenvalue weighted by Crippen LogP contribution is -2.49. The smallest absolute Gasteiger partial charge is 0.0589 e. The average Bonchev–Trinajstić information content (AvgIpc) is 2.45. The molecule has 1 aliphatic carbocycles. The Morgan fingerprint density at radius 2 is 2.05 bits per heavy atom. The lowest BCUT2D eigenvalue weighted by Gasteiger charge is -2.44. The van der Waals surface area contributed by atoms with E-state index in [1.54, 1.807) is 7.11 Å². The van der Waals surface area contributed by atoms with Crippen molar-refractivity contribution in [3.63, 3.8) is 0 Å². The number of hydrogen-bond donors (Lipinski definition) is 1. The molecule has 1 N–H and O–H groups in total. The normalized spacial score (nSPS) is 27.0. The van der Waals surface area contributed by atoms with Crippen LogP contribution in [0.2, 0.25) is 0 Å². The summed E-state index contributed by atoms with van der Waals surface area (Å²) in [6, 6.07) is 1.34. The van der Waals surface area contributed by atoms with Gasteiger partial charge in [-0.1, -0.05) is 27.7 Å². The van der Waals surface area contributed by atoms with Crippen molar-refractivity contribution >= 4 is 0 Å². The van der Waals surface area contributed by atoms with E-state index in [1.165, 1.54) is 32.2 Å². The van der Waals surface area contributed by atoms with E-state index >= 15 is 0 Å². The first-order valence-corrected chi connectivity index (χ1v) is 8.89. The first kappa shape index (κ1) is 18.9. The molecule has 3 unspecified atom stereocenters. The molecule has 1 aliphatic rings. The molecule has 126 valence electrons. The first-order chi connectivity index (χ1) is 9.93. The molecule has 0 spiro atoms. The Bertz CT molecular complexity index is 280. The van der Waals surface area contributed by atoms with Crippen LogP contribution in [-0.2, 0) is 4.74 Å². The Balaban J connectivity index is 2.70. The highest BCUT2D eigenvalue weighted by atomic mass is 16.5. The minimum atomic E-state index is 0.499. The van der Waals surface area contributed by atoms with Crippen molar-refractivity contribution in [2.45, 2.75) is 72.4 Å². The molecular formula is C18H38N2O. The molecule has 1 fully saturated rings. The maximum atomic E-state index is 5.31. The zero-order valence-corrected chi connectivity index (χ0v) is 15.2. The van der Waals surface area contributed by atoms with Crippen LogP contribution in [0.4, 0.5) is 0 Å². The zero-order chi connectivity index (χ0) is 15.9. The van der Waals surface area contributed by atoms with Crippen LogP contribution in [0.25, 0.3) is 0 Å². The zero-order valence-electron chi connectivity index (χ0n) is 15.2. The second-order valence-corrected chi connectivity index (χ2v) is 7.58. The molecular weight excluding hydrogens is 260 g/mol. The van der Waals surface area contributed by atoms with Gasteiger partial charge in [0.2, 0.25) is 0 Å². The van der Waals surface area contributed by atoms with Crippen LogP contribution in [0.5, 0.6) is 0 Å². The van der Waals surface area contributed by atoms with E-state index < -0.39 is 0 Å². The standard InChI is InChI=1S/C18H38N2O/c1-7-15(3)20(11-12-21-6)14-16-13-18(4,5)10-9-17(16)19-8-2/h15-17,19H,7-14H2,1-6H3. The Kier molecular flexibility index (Phi) is 8.22. The molecule has 1 saturated carbocycles. The van der Waals surface area contributed by atoms with Crippen molar-refractivity contribution in [1.82, 2.24) is 10.2 Å². The predicted molar refractivity (Wildman–Crippen MR) is 91.8 cm³/mol. The number of nitrogens with zero attached hydrogens (tertiary/aromatic N) is 1. The van der Waals surface area contributed by atoms with Gasteiger partial charge in [-0.2, -0.15) is 0 Å². The number of ether oxygens (including phenoxy) is 1. The lowest BCUT2D eigenvalue weighted by molar-refractivity contribution is 0.0655. The number of rotatable bonds is 9. The van der Waals surface area contributed by atoms with Gasteiger partial charge in [0.25, 0.3) is 0 Å². The molecule has 1 rings (SSSR count). The molecule has 3 atom stereocenters. The van der Waals surface area contributed by atoms with Gasteiger partial charge in [-0.15, -0.1) is 0 Å². The van der Waals surface area contributed by atoms with E-state index in [-0.39, 0.29) is 0 Å². The van der Waals surface area contributed by atoms with Crippen LogP contribution in [0.3, 0.4) is 0 Å². The second-order valence-electron chi connectivity index (χ2n) is 7.58. The fourth-order valence-electron chi connectivity index (χ4n) is 3.72. The molecule has 0 aromatic rings. The molecule has 0 heterocycles. The minimum absolute atomic E-state index is 0.499. The van der Waals surface area contributed by atoms with Crippen LogP contribution < -0.4 is 5.32 Å². The summed E-state index contributed by atoms with van der Waals surface area (Å²) >= 11 is 0. The van der Waals surface area contributed by atoms with Crippen LogP contribution in [0, 0.1) is 11.3 Å². The molecule has 0 saturated heterocycles. The van der Waals surface area contributed by atoms with Crippen LogP contribution >= 0.6 is 0 Å². The van der Waals surface area contributed by atoms with Gasteiger partial charge in [0.15, 0.2) is 0 Å². The van der Waals surface area contributed by atoms with E-state index in [2.05, 4.69) is 44.8 Å². The SMILES string of the molecule is CCNC1CCC(C)(C)CC1CN(CCOC)C(C)CC. The summed E-state index contributed by atoms with van der Waals surface area (Å²) in [5.74, 6) is 0.763. The summed E-state index contributed by atoms with van der Waals surface area (Å²) in [6.45, 7) is 15.9. The molecule has 21 heavy (non-hydrogen) atoms. The van der Waals surface area contributed by atoms with E-state index in [1.807, 2.05) is 0 Å². The summed E-state index contributed by atoms with van der Waals surface area (Å²) in [4.78, 5) is 2.64. The predicted octanol–water partition coefficient (Wildman–Crippen LogP) is 3.54. The van der Waals surface area contributed by atoms with Gasteiger partial charge in [0.1, 0.15) is 0 Å². The summed E-state index contributed by atoms with van der Waals surface area (Å²) < 4.78 is 5.31. The van der Waals surface area contributed by atoms with E-state index in [0.29, 0.717) is 17.5 Å². The van der Waals surface area contributed by atoms with Crippen molar-refractivity contribution in [3.8, 4) is 0 Å². The van der Waals surface area contributed by atoms with Gasteiger partial charge in [-0.25, -0.2) is 0 Å². The van der Waals surface area contributed by atoms with Crippen molar-refractivity contribution < 1.29 is 4.74 Å². The third-order valence-corrected chi connectivity index (χ3v) is 5.25. The minimum Gasteiger partial charge on any atom is -0.383 e. The molecule has 3 heteroatoms. The quantitative estimate of drug-likeness (QED) is 0.704. The van der Waals surface area contributed by atoms with Crippen molar-refractivity contribution in [1.29, 1.82) is 0 Å². The van der Waals surface area contributed by atoms with Crippen molar-refractivity contribution in [2.24, 2.45) is 11.3 Å². The molecule has 0 bridgehead atoms. The average molecular weight is 299 g/mol. The third-order valence-electron chi connectivity index (χ3n) is 5.25. The van der Waals surface area contributed by atoms with Crippen LogP contribution in [0.1, 0.15) is 60.3 Å². The second kappa shape index (κ2) is 9.12. The highest BCUT2D eigenvalue weighted by molar-refractivity contribution is 4.90. The molecule has 0 aromatic carbocycles. The van der Waals surface area contributed by atoms with Gasteiger partial charge < -0.3 is 10.1 Å². The van der Waals surface area contributed by atoms with Gasteiger partial charge in [0, 0.05) is 32.3 Å². The number of nitrogens with one attached hydrogen (secondary N) is 1. The van der Waals surface area contributed by atoms with Crippen LogP contribution in [-0.4, -0.2) is 50.3 Å². The molecule has 0 radical (unpaired) electrons. The van der Waals surface area contributed by atoms with Gasteiger partial charge in [-0.3, -0.25) is 4.90 Å². The molecule has 3 nitrogen and oxygen atoms in total. The summed E-state index contributed by atoms with van der Waals surface area (Å²) in [7, 11) is 1.81. The molecule has 0 aliphatic heterocycles. The lowest BCUT2D eigenvalue weighted by atomic mass is 9.69. The Morgan fingerprint density at radius 3 is 2.62 bits per heavy atom. The summed E-state index contributed by atoms with van der Waals surface area (Å²) in [5.41, 5.74) is 0.499. The monoisotopic (exact) mass is 298 g/mol. The summed E-state index contributed by atoms with van der Waals surface area (Å²) in [5, 5.41) is 3.73. The third kappa shape index (κ3) is 6.25.